The summed E-state index contributed by atoms with van der Waals surface area (Å²) in [4.78, 5) is 27.0. The minimum atomic E-state index is -0.646. The highest BCUT2D eigenvalue weighted by atomic mass is 19.1. The van der Waals surface area contributed by atoms with Gasteiger partial charge in [0.2, 0.25) is 0 Å². The number of nitrogens with two attached hydrogens (primary N) is 1. The number of carbonyl (C=O) groups excluding carboxylic acids is 2. The van der Waals surface area contributed by atoms with Crippen molar-refractivity contribution in [3.63, 3.8) is 0 Å². The number of hydrogen-bond acceptors (Lipinski definition) is 3. The van der Waals surface area contributed by atoms with Crippen LogP contribution in [0.4, 0.5) is 4.39 Å². The number of nitrogens with one attached hydrogen (secondary N) is 1. The lowest BCUT2D eigenvalue weighted by Crippen LogP contribution is -2.27. The van der Waals surface area contributed by atoms with Gasteiger partial charge in [-0.25, -0.2) is 4.39 Å². The average Bonchev–Trinajstić information content (AvgIpc) is 2.92. The number of nitrogens with zero attached hydrogens (tertiary/aromatic N) is 1. The molecule has 22 heavy (non-hydrogen) atoms. The minimum Gasteiger partial charge on any atom is -0.364 e. The zero-order valence-electron chi connectivity index (χ0n) is 11.7. The topological polar surface area (TPSA) is 85.1 Å². The number of halogens is 1. The summed E-state index contributed by atoms with van der Waals surface area (Å²) in [5.74, 6) is -1.19. The van der Waals surface area contributed by atoms with E-state index in [9.17, 15) is 14.0 Å². The lowest BCUT2D eigenvalue weighted by atomic mass is 10.1. The molecule has 1 aliphatic carbocycles. The number of hydrogen-bond donors (Lipinski definition) is 2. The van der Waals surface area contributed by atoms with Crippen LogP contribution in [0.25, 0.3) is 0 Å². The molecule has 6 heteroatoms. The molecular formula is C16H14FN3O2. The van der Waals surface area contributed by atoms with E-state index in [0.29, 0.717) is 24.0 Å². The van der Waals surface area contributed by atoms with Crippen LogP contribution in [0.5, 0.6) is 0 Å². The van der Waals surface area contributed by atoms with E-state index in [1.807, 2.05) is 6.07 Å². The van der Waals surface area contributed by atoms with Crippen molar-refractivity contribution in [2.24, 2.45) is 5.73 Å². The van der Waals surface area contributed by atoms with Crippen LogP contribution in [0, 0.1) is 5.82 Å². The van der Waals surface area contributed by atoms with Gasteiger partial charge < -0.3 is 11.1 Å². The molecule has 5 nitrogen and oxygen atoms in total. The molecule has 0 saturated heterocycles. The summed E-state index contributed by atoms with van der Waals surface area (Å²) in [5.41, 5.74) is 7.01. The first-order chi connectivity index (χ1) is 10.6. The zero-order valence-corrected chi connectivity index (χ0v) is 11.7. The van der Waals surface area contributed by atoms with E-state index in [-0.39, 0.29) is 23.5 Å². The third-order valence-electron chi connectivity index (χ3n) is 3.80. The molecular weight excluding hydrogens is 285 g/mol. The molecule has 3 rings (SSSR count). The fraction of sp³-hybridized carbons (Fsp3) is 0.188. The Morgan fingerprint density at radius 3 is 2.77 bits per heavy atom. The Morgan fingerprint density at radius 2 is 2.09 bits per heavy atom. The molecule has 3 N–H and O–H groups in total. The van der Waals surface area contributed by atoms with E-state index in [0.717, 1.165) is 5.56 Å². The molecule has 1 heterocycles. The highest BCUT2D eigenvalue weighted by molar-refractivity contribution is 5.96. The van der Waals surface area contributed by atoms with Gasteiger partial charge in [0.15, 0.2) is 0 Å². The van der Waals surface area contributed by atoms with Crippen molar-refractivity contribution >= 4 is 11.8 Å². The Hall–Kier alpha value is -2.76. The van der Waals surface area contributed by atoms with Gasteiger partial charge in [0.1, 0.15) is 11.5 Å². The fourth-order valence-electron chi connectivity index (χ4n) is 2.68. The van der Waals surface area contributed by atoms with Crippen molar-refractivity contribution in [3.8, 4) is 0 Å². The van der Waals surface area contributed by atoms with Gasteiger partial charge in [-0.2, -0.15) is 0 Å². The Kier molecular flexibility index (Phi) is 3.58. The summed E-state index contributed by atoms with van der Waals surface area (Å²) < 4.78 is 13.7. The predicted octanol–water partition coefficient (Wildman–Crippen LogP) is 1.74. The molecule has 2 aromatic rings. The van der Waals surface area contributed by atoms with Crippen LogP contribution in [0.15, 0.2) is 36.5 Å². The third-order valence-corrected chi connectivity index (χ3v) is 3.80. The van der Waals surface area contributed by atoms with Gasteiger partial charge in [-0.05, 0) is 42.2 Å². The van der Waals surface area contributed by atoms with Gasteiger partial charge in [-0.15, -0.1) is 0 Å². The Labute approximate surface area is 126 Å². The van der Waals surface area contributed by atoms with Gasteiger partial charge in [0.25, 0.3) is 11.8 Å². The van der Waals surface area contributed by atoms with Crippen LogP contribution in [0.1, 0.15) is 44.4 Å². The first-order valence-electron chi connectivity index (χ1n) is 6.90. The molecule has 1 aromatic carbocycles. The maximum atomic E-state index is 13.7. The predicted molar refractivity (Wildman–Crippen MR) is 77.7 cm³/mol. The van der Waals surface area contributed by atoms with Crippen molar-refractivity contribution in [3.05, 3.63) is 64.7 Å². The van der Waals surface area contributed by atoms with Crippen molar-refractivity contribution in [1.82, 2.24) is 10.3 Å². The quantitative estimate of drug-likeness (QED) is 0.905. The van der Waals surface area contributed by atoms with Crippen LogP contribution in [0.3, 0.4) is 0 Å². The summed E-state index contributed by atoms with van der Waals surface area (Å²) in [7, 11) is 0. The average molecular weight is 299 g/mol. The molecule has 0 aliphatic heterocycles. The second-order valence-electron chi connectivity index (χ2n) is 5.17. The SMILES string of the molecule is NC(=O)c1ccc(C(=O)NC2CCc3c(F)cccc32)cn1. The highest BCUT2D eigenvalue weighted by Crippen LogP contribution is 2.32. The Balaban J connectivity index is 1.76. The van der Waals surface area contributed by atoms with Gasteiger partial charge in [-0.3, -0.25) is 14.6 Å². The monoisotopic (exact) mass is 299 g/mol. The molecule has 0 fully saturated rings. The Bertz CT molecular complexity index is 744. The van der Waals surface area contributed by atoms with Crippen LogP contribution in [0.2, 0.25) is 0 Å². The molecule has 1 atom stereocenters. The standard InChI is InChI=1S/C16H14FN3O2/c17-12-3-1-2-11-10(12)5-7-13(11)20-16(22)9-4-6-14(15(18)21)19-8-9/h1-4,6,8,13H,5,7H2,(H2,18,21)(H,20,22). The van der Waals surface area contributed by atoms with Crippen molar-refractivity contribution in [1.29, 1.82) is 0 Å². The molecule has 1 aliphatic rings. The first-order valence-corrected chi connectivity index (χ1v) is 6.90. The number of amides is 2. The molecule has 112 valence electrons. The van der Waals surface area contributed by atoms with Gasteiger partial charge in [-0.1, -0.05) is 12.1 Å². The molecule has 1 unspecified atom stereocenters. The Morgan fingerprint density at radius 1 is 1.27 bits per heavy atom. The van der Waals surface area contributed by atoms with Gasteiger partial charge >= 0.3 is 0 Å². The molecule has 0 bridgehead atoms. The highest BCUT2D eigenvalue weighted by Gasteiger charge is 2.26. The lowest BCUT2D eigenvalue weighted by molar-refractivity contribution is 0.0933. The molecule has 0 saturated carbocycles. The minimum absolute atomic E-state index is 0.102. The third kappa shape index (κ3) is 2.55. The largest absolute Gasteiger partial charge is 0.364 e. The van der Waals surface area contributed by atoms with E-state index >= 15 is 0 Å². The molecule has 1 aromatic heterocycles. The summed E-state index contributed by atoms with van der Waals surface area (Å²) >= 11 is 0. The van der Waals surface area contributed by atoms with Crippen LogP contribution < -0.4 is 11.1 Å². The fourth-order valence-corrected chi connectivity index (χ4v) is 2.68. The van der Waals surface area contributed by atoms with Crippen LogP contribution in [-0.2, 0) is 6.42 Å². The maximum absolute atomic E-state index is 13.7. The second-order valence-corrected chi connectivity index (χ2v) is 5.17. The van der Waals surface area contributed by atoms with E-state index in [1.54, 1.807) is 6.07 Å². The normalized spacial score (nSPS) is 16.1. The zero-order chi connectivity index (χ0) is 15.7. The van der Waals surface area contributed by atoms with E-state index < -0.39 is 5.91 Å². The summed E-state index contributed by atoms with van der Waals surface area (Å²) in [6.45, 7) is 0. The van der Waals surface area contributed by atoms with Crippen LogP contribution in [-0.4, -0.2) is 16.8 Å². The van der Waals surface area contributed by atoms with E-state index in [4.69, 9.17) is 5.73 Å². The smallest absolute Gasteiger partial charge is 0.267 e. The van der Waals surface area contributed by atoms with Crippen molar-refractivity contribution in [2.75, 3.05) is 0 Å². The van der Waals surface area contributed by atoms with Crippen molar-refractivity contribution in [2.45, 2.75) is 18.9 Å². The number of pyridine rings is 1. The maximum Gasteiger partial charge on any atom is 0.267 e. The first kappa shape index (κ1) is 14.2. The van der Waals surface area contributed by atoms with E-state index in [1.165, 1.54) is 24.4 Å². The number of primary amides is 1. The summed E-state index contributed by atoms with van der Waals surface area (Å²) in [6, 6.07) is 7.57. The number of benzene rings is 1. The van der Waals surface area contributed by atoms with Gasteiger partial charge in [0, 0.05) is 6.20 Å². The number of rotatable bonds is 3. The number of carbonyl (C=O) groups is 2. The molecule has 0 radical (unpaired) electrons. The number of aromatic nitrogens is 1. The number of fused-ring (bicyclic) bond motifs is 1. The molecule has 0 spiro atoms. The summed E-state index contributed by atoms with van der Waals surface area (Å²) in [5, 5.41) is 2.87. The van der Waals surface area contributed by atoms with Gasteiger partial charge in [0.05, 0.1) is 11.6 Å². The summed E-state index contributed by atoms with van der Waals surface area (Å²) in [6.07, 6.45) is 2.57. The molecule has 2 amide bonds. The van der Waals surface area contributed by atoms with Crippen molar-refractivity contribution < 1.29 is 14.0 Å². The lowest BCUT2D eigenvalue weighted by Gasteiger charge is -2.14. The van der Waals surface area contributed by atoms with Crippen LogP contribution >= 0.6 is 0 Å². The van der Waals surface area contributed by atoms with E-state index in [2.05, 4.69) is 10.3 Å². The second kappa shape index (κ2) is 5.55.